The standard InChI is InChI=1S/C32H31ClF2N4O4/c1-2-20(40)16-39-29(36-26-8-9-27(32(41)42)37-31(26)39)17-38-12-10-18(11-13-38)21-4-3-5-23-25(35)15-28(43-30(21)23)22-7-6-19(33)14-24(22)34/h3-9,14-15,18,20,28,40H,2,10-13,16-17H2,1H3,(H,41,42)/t20-,28?/m0/s1. The molecule has 1 saturated heterocycles. The summed E-state index contributed by atoms with van der Waals surface area (Å²) in [5, 5.41) is 20.1. The number of aliphatic hydroxyl groups excluding tert-OH is 1. The molecule has 2 aromatic carbocycles. The van der Waals surface area contributed by atoms with Crippen LogP contribution in [0.3, 0.4) is 0 Å². The lowest BCUT2D eigenvalue weighted by molar-refractivity contribution is 0.0691. The second-order valence-corrected chi connectivity index (χ2v) is 11.5. The fourth-order valence-corrected chi connectivity index (χ4v) is 6.05. The summed E-state index contributed by atoms with van der Waals surface area (Å²) in [5.41, 5.74) is 2.41. The number of carboxylic acid groups (broad SMARTS) is 1. The zero-order valence-corrected chi connectivity index (χ0v) is 24.3. The molecule has 1 fully saturated rings. The van der Waals surface area contributed by atoms with Gasteiger partial charge in [0.05, 0.1) is 24.8 Å². The highest BCUT2D eigenvalue weighted by Crippen LogP contribution is 2.45. The number of halogens is 3. The molecule has 4 aromatic rings. The Bertz CT molecular complexity index is 1720. The van der Waals surface area contributed by atoms with Crippen molar-refractivity contribution in [3.8, 4) is 5.75 Å². The molecule has 0 spiro atoms. The number of fused-ring (bicyclic) bond motifs is 2. The van der Waals surface area contributed by atoms with Crippen LogP contribution >= 0.6 is 11.6 Å². The van der Waals surface area contributed by atoms with Crippen LogP contribution in [0, 0.1) is 5.82 Å². The molecule has 4 heterocycles. The number of rotatable bonds is 8. The van der Waals surface area contributed by atoms with Crippen LogP contribution in [-0.4, -0.2) is 54.8 Å². The topological polar surface area (TPSA) is 101 Å². The number of benzene rings is 2. The largest absolute Gasteiger partial charge is 0.480 e. The van der Waals surface area contributed by atoms with Crippen molar-refractivity contribution >= 4 is 34.6 Å². The predicted molar refractivity (Wildman–Crippen MR) is 158 cm³/mol. The Morgan fingerprint density at radius 1 is 1.12 bits per heavy atom. The third-order valence-electron chi connectivity index (χ3n) is 8.26. The summed E-state index contributed by atoms with van der Waals surface area (Å²) in [6.07, 6.45) is 1.85. The molecule has 11 heteroatoms. The van der Waals surface area contributed by atoms with Crippen molar-refractivity contribution < 1.29 is 28.5 Å². The van der Waals surface area contributed by atoms with Crippen molar-refractivity contribution in [2.24, 2.45) is 0 Å². The number of pyridine rings is 1. The van der Waals surface area contributed by atoms with Crippen molar-refractivity contribution in [1.82, 2.24) is 19.4 Å². The number of carboxylic acids is 1. The number of aliphatic hydroxyl groups is 1. The lowest BCUT2D eigenvalue weighted by atomic mass is 9.86. The van der Waals surface area contributed by atoms with Crippen LogP contribution in [-0.2, 0) is 13.1 Å². The van der Waals surface area contributed by atoms with Gasteiger partial charge in [0.15, 0.2) is 11.3 Å². The Labute approximate surface area is 252 Å². The van der Waals surface area contributed by atoms with Gasteiger partial charge in [-0.05, 0) is 80.2 Å². The van der Waals surface area contributed by atoms with Crippen LogP contribution in [0.5, 0.6) is 5.75 Å². The summed E-state index contributed by atoms with van der Waals surface area (Å²) in [6, 6.07) is 12.8. The van der Waals surface area contributed by atoms with E-state index in [0.717, 1.165) is 31.5 Å². The first-order valence-corrected chi connectivity index (χ1v) is 14.7. The van der Waals surface area contributed by atoms with E-state index >= 15 is 4.39 Å². The molecule has 2 atom stereocenters. The molecular formula is C32H31ClF2N4O4. The molecule has 43 heavy (non-hydrogen) atoms. The van der Waals surface area contributed by atoms with Crippen molar-refractivity contribution in [1.29, 1.82) is 0 Å². The van der Waals surface area contributed by atoms with Gasteiger partial charge in [-0.25, -0.2) is 23.5 Å². The monoisotopic (exact) mass is 608 g/mol. The van der Waals surface area contributed by atoms with Crippen LogP contribution in [0.2, 0.25) is 5.02 Å². The maximum absolute atomic E-state index is 15.2. The number of nitrogens with zero attached hydrogens (tertiary/aromatic N) is 4. The van der Waals surface area contributed by atoms with E-state index in [1.54, 1.807) is 18.2 Å². The number of aromatic carboxylic acids is 1. The Balaban J connectivity index is 1.21. The quantitative estimate of drug-likeness (QED) is 0.235. The van der Waals surface area contributed by atoms with E-state index in [0.29, 0.717) is 41.3 Å². The third kappa shape index (κ3) is 5.87. The molecular weight excluding hydrogens is 578 g/mol. The third-order valence-corrected chi connectivity index (χ3v) is 8.50. The summed E-state index contributed by atoms with van der Waals surface area (Å²) >= 11 is 5.92. The van der Waals surface area contributed by atoms with E-state index in [2.05, 4.69) is 9.88 Å². The number of para-hydroxylation sites is 1. The molecule has 0 amide bonds. The molecule has 0 radical (unpaired) electrons. The maximum atomic E-state index is 15.2. The first-order valence-electron chi connectivity index (χ1n) is 14.3. The number of likely N-dealkylation sites (tertiary alicyclic amines) is 1. The van der Waals surface area contributed by atoms with Crippen LogP contribution in [0.25, 0.3) is 17.0 Å². The van der Waals surface area contributed by atoms with Gasteiger partial charge in [-0.2, -0.15) is 0 Å². The molecule has 0 saturated carbocycles. The number of carbonyl (C=O) groups is 1. The summed E-state index contributed by atoms with van der Waals surface area (Å²) in [5.74, 6) is -0.877. The Hall–Kier alpha value is -3.86. The smallest absolute Gasteiger partial charge is 0.354 e. The Kier molecular flexibility index (Phi) is 8.17. The van der Waals surface area contributed by atoms with Crippen LogP contribution in [0.15, 0.2) is 54.6 Å². The second-order valence-electron chi connectivity index (χ2n) is 11.0. The maximum Gasteiger partial charge on any atom is 0.354 e. The molecule has 0 aliphatic carbocycles. The summed E-state index contributed by atoms with van der Waals surface area (Å²) in [6.45, 7) is 4.11. The molecule has 2 aliphatic rings. The molecule has 1 unspecified atom stereocenters. The first kappa shape index (κ1) is 29.2. The van der Waals surface area contributed by atoms with E-state index in [1.165, 1.54) is 24.3 Å². The Morgan fingerprint density at radius 3 is 2.63 bits per heavy atom. The van der Waals surface area contributed by atoms with E-state index in [4.69, 9.17) is 21.3 Å². The van der Waals surface area contributed by atoms with E-state index in [1.807, 2.05) is 23.6 Å². The highest BCUT2D eigenvalue weighted by Gasteiger charge is 2.31. The van der Waals surface area contributed by atoms with Gasteiger partial charge in [-0.1, -0.05) is 36.7 Å². The molecule has 2 N–H and O–H groups in total. The van der Waals surface area contributed by atoms with Crippen molar-refractivity contribution in [2.45, 2.75) is 57.4 Å². The van der Waals surface area contributed by atoms with Gasteiger partial charge in [0, 0.05) is 10.6 Å². The van der Waals surface area contributed by atoms with Crippen molar-refractivity contribution in [3.63, 3.8) is 0 Å². The lowest BCUT2D eigenvalue weighted by Crippen LogP contribution is -2.34. The summed E-state index contributed by atoms with van der Waals surface area (Å²) in [4.78, 5) is 22.8. The highest BCUT2D eigenvalue weighted by molar-refractivity contribution is 6.30. The van der Waals surface area contributed by atoms with Gasteiger partial charge in [0.25, 0.3) is 0 Å². The van der Waals surface area contributed by atoms with Crippen molar-refractivity contribution in [3.05, 3.63) is 93.7 Å². The van der Waals surface area contributed by atoms with Crippen LogP contribution in [0.1, 0.15) is 71.2 Å². The lowest BCUT2D eigenvalue weighted by Gasteiger charge is -2.34. The van der Waals surface area contributed by atoms with Gasteiger partial charge >= 0.3 is 5.97 Å². The number of hydrogen-bond acceptors (Lipinski definition) is 6. The predicted octanol–water partition coefficient (Wildman–Crippen LogP) is 6.52. The first-order chi connectivity index (χ1) is 20.7. The molecule has 224 valence electrons. The van der Waals surface area contributed by atoms with E-state index < -0.39 is 29.8 Å². The SMILES string of the molecule is CC[C@H](O)Cn1c(CN2CCC(c3cccc4c3OC(c3ccc(Cl)cc3F)C=C4F)CC2)nc2ccc(C(=O)O)nc21. The molecule has 2 aromatic heterocycles. The number of ether oxygens (including phenoxy) is 1. The Morgan fingerprint density at radius 2 is 1.91 bits per heavy atom. The highest BCUT2D eigenvalue weighted by atomic mass is 35.5. The van der Waals surface area contributed by atoms with Crippen LogP contribution < -0.4 is 4.74 Å². The number of aromatic nitrogens is 3. The van der Waals surface area contributed by atoms with Gasteiger partial charge in [-0.3, -0.25) is 4.90 Å². The van der Waals surface area contributed by atoms with Gasteiger partial charge in [0.2, 0.25) is 0 Å². The molecule has 8 nitrogen and oxygen atoms in total. The normalized spacial score (nSPS) is 18.3. The zero-order valence-electron chi connectivity index (χ0n) is 23.5. The average Bonchev–Trinajstić information content (AvgIpc) is 3.32. The zero-order chi connectivity index (χ0) is 30.2. The molecule has 2 aliphatic heterocycles. The van der Waals surface area contributed by atoms with Gasteiger partial charge in [0.1, 0.15) is 34.8 Å². The van der Waals surface area contributed by atoms with E-state index in [9.17, 15) is 19.4 Å². The molecule has 0 bridgehead atoms. The van der Waals surface area contributed by atoms with Gasteiger partial charge < -0.3 is 19.5 Å². The number of imidazole rings is 1. The second kappa shape index (κ2) is 12.0. The minimum Gasteiger partial charge on any atom is -0.480 e. The summed E-state index contributed by atoms with van der Waals surface area (Å²) in [7, 11) is 0. The average molecular weight is 609 g/mol. The van der Waals surface area contributed by atoms with E-state index in [-0.39, 0.29) is 28.7 Å². The number of hydrogen-bond donors (Lipinski definition) is 2. The number of piperidine rings is 1. The minimum absolute atomic E-state index is 0.0762. The summed E-state index contributed by atoms with van der Waals surface area (Å²) < 4.78 is 38.0. The minimum atomic E-state index is -1.12. The van der Waals surface area contributed by atoms with Crippen LogP contribution in [0.4, 0.5) is 8.78 Å². The van der Waals surface area contributed by atoms with Crippen molar-refractivity contribution in [2.75, 3.05) is 13.1 Å². The fraction of sp³-hybridized carbons (Fsp3) is 0.344. The van der Waals surface area contributed by atoms with Gasteiger partial charge in [-0.15, -0.1) is 0 Å². The fourth-order valence-electron chi connectivity index (χ4n) is 5.89. The molecule has 6 rings (SSSR count).